The summed E-state index contributed by atoms with van der Waals surface area (Å²) in [5, 5.41) is 7.91. The Hall–Kier alpha value is -1.65. The SMILES string of the molecule is Cc1nn(-c2ccccc2)cc1CN[C@@H](C)CN. The molecule has 1 aromatic heterocycles. The molecule has 0 fully saturated rings. The number of nitrogens with two attached hydrogens (primary N) is 1. The molecule has 0 unspecified atom stereocenters. The van der Waals surface area contributed by atoms with E-state index in [9.17, 15) is 0 Å². The molecule has 0 aliphatic rings. The summed E-state index contributed by atoms with van der Waals surface area (Å²) < 4.78 is 1.92. The molecule has 0 aliphatic carbocycles. The van der Waals surface area contributed by atoms with Gasteiger partial charge in [-0.3, -0.25) is 0 Å². The molecule has 1 aromatic carbocycles. The molecular formula is C14H20N4. The zero-order valence-corrected chi connectivity index (χ0v) is 10.9. The van der Waals surface area contributed by atoms with Crippen molar-refractivity contribution in [2.45, 2.75) is 26.4 Å². The highest BCUT2D eigenvalue weighted by Crippen LogP contribution is 2.11. The Morgan fingerprint density at radius 1 is 1.33 bits per heavy atom. The highest BCUT2D eigenvalue weighted by atomic mass is 15.3. The number of benzene rings is 1. The highest BCUT2D eigenvalue weighted by Gasteiger charge is 2.07. The van der Waals surface area contributed by atoms with Gasteiger partial charge in [-0.1, -0.05) is 18.2 Å². The van der Waals surface area contributed by atoms with Gasteiger partial charge in [-0.25, -0.2) is 4.68 Å². The van der Waals surface area contributed by atoms with Crippen LogP contribution in [0.1, 0.15) is 18.2 Å². The summed E-state index contributed by atoms with van der Waals surface area (Å²) in [6, 6.07) is 10.5. The average molecular weight is 244 g/mol. The lowest BCUT2D eigenvalue weighted by Crippen LogP contribution is -2.32. The van der Waals surface area contributed by atoms with Crippen LogP contribution < -0.4 is 11.1 Å². The normalized spacial score (nSPS) is 12.6. The lowest BCUT2D eigenvalue weighted by molar-refractivity contribution is 0.555. The Bertz CT molecular complexity index is 490. The summed E-state index contributed by atoms with van der Waals surface area (Å²) in [5.41, 5.74) is 8.93. The molecule has 4 heteroatoms. The largest absolute Gasteiger partial charge is 0.329 e. The minimum atomic E-state index is 0.324. The molecule has 1 heterocycles. The van der Waals surface area contributed by atoms with Crippen LogP contribution in [0.4, 0.5) is 0 Å². The maximum atomic E-state index is 5.59. The van der Waals surface area contributed by atoms with Crippen molar-refractivity contribution in [1.82, 2.24) is 15.1 Å². The monoisotopic (exact) mass is 244 g/mol. The molecule has 3 N–H and O–H groups in total. The fourth-order valence-corrected chi connectivity index (χ4v) is 1.75. The van der Waals surface area contributed by atoms with Crippen molar-refractivity contribution in [1.29, 1.82) is 0 Å². The Morgan fingerprint density at radius 2 is 2.06 bits per heavy atom. The van der Waals surface area contributed by atoms with Crippen LogP contribution in [-0.4, -0.2) is 22.4 Å². The van der Waals surface area contributed by atoms with Gasteiger partial charge >= 0.3 is 0 Å². The van der Waals surface area contributed by atoms with Gasteiger partial charge in [-0.15, -0.1) is 0 Å². The van der Waals surface area contributed by atoms with E-state index < -0.39 is 0 Å². The summed E-state index contributed by atoms with van der Waals surface area (Å²) in [7, 11) is 0. The van der Waals surface area contributed by atoms with Crippen molar-refractivity contribution in [2.24, 2.45) is 5.73 Å². The quantitative estimate of drug-likeness (QED) is 0.840. The molecule has 0 saturated carbocycles. The van der Waals surface area contributed by atoms with Gasteiger partial charge in [0.25, 0.3) is 0 Å². The van der Waals surface area contributed by atoms with Crippen LogP contribution in [0, 0.1) is 6.92 Å². The topological polar surface area (TPSA) is 55.9 Å². The highest BCUT2D eigenvalue weighted by molar-refractivity contribution is 5.32. The molecule has 2 rings (SSSR count). The van der Waals surface area contributed by atoms with E-state index in [2.05, 4.69) is 23.5 Å². The van der Waals surface area contributed by atoms with Gasteiger partial charge in [0.15, 0.2) is 0 Å². The Labute approximate surface area is 108 Å². The number of para-hydroxylation sites is 1. The smallest absolute Gasteiger partial charge is 0.0645 e. The lowest BCUT2D eigenvalue weighted by Gasteiger charge is -2.09. The number of nitrogens with one attached hydrogen (secondary N) is 1. The van der Waals surface area contributed by atoms with Crippen LogP contribution in [0.3, 0.4) is 0 Å². The fraction of sp³-hybridized carbons (Fsp3) is 0.357. The van der Waals surface area contributed by atoms with Crippen molar-refractivity contribution in [2.75, 3.05) is 6.54 Å². The third-order valence-corrected chi connectivity index (χ3v) is 3.02. The van der Waals surface area contributed by atoms with Gasteiger partial charge < -0.3 is 11.1 Å². The van der Waals surface area contributed by atoms with E-state index in [1.54, 1.807) is 0 Å². The predicted molar refractivity (Wildman–Crippen MR) is 73.7 cm³/mol. The van der Waals surface area contributed by atoms with Gasteiger partial charge in [-0.05, 0) is 26.0 Å². The van der Waals surface area contributed by atoms with Crippen LogP contribution in [0.5, 0.6) is 0 Å². The van der Waals surface area contributed by atoms with E-state index in [0.29, 0.717) is 12.6 Å². The molecule has 0 radical (unpaired) electrons. The molecule has 2 aromatic rings. The summed E-state index contributed by atoms with van der Waals surface area (Å²) >= 11 is 0. The van der Waals surface area contributed by atoms with Crippen LogP contribution in [0.15, 0.2) is 36.5 Å². The zero-order valence-electron chi connectivity index (χ0n) is 10.9. The van der Waals surface area contributed by atoms with E-state index in [1.807, 2.05) is 41.9 Å². The van der Waals surface area contributed by atoms with Crippen molar-refractivity contribution in [3.63, 3.8) is 0 Å². The first-order valence-corrected chi connectivity index (χ1v) is 6.24. The predicted octanol–water partition coefficient (Wildman–Crippen LogP) is 1.62. The van der Waals surface area contributed by atoms with E-state index in [1.165, 1.54) is 5.56 Å². The Balaban J connectivity index is 2.12. The van der Waals surface area contributed by atoms with Gasteiger partial charge in [-0.2, -0.15) is 5.10 Å². The second kappa shape index (κ2) is 5.80. The summed E-state index contributed by atoms with van der Waals surface area (Å²) in [5.74, 6) is 0. The number of aryl methyl sites for hydroxylation is 1. The molecule has 0 amide bonds. The molecular weight excluding hydrogens is 224 g/mol. The third kappa shape index (κ3) is 2.97. The van der Waals surface area contributed by atoms with Gasteiger partial charge in [0.2, 0.25) is 0 Å². The van der Waals surface area contributed by atoms with E-state index in [4.69, 9.17) is 5.73 Å². The first kappa shape index (κ1) is 12.8. The molecule has 0 bridgehead atoms. The van der Waals surface area contributed by atoms with E-state index in [0.717, 1.165) is 17.9 Å². The van der Waals surface area contributed by atoms with Crippen LogP contribution >= 0.6 is 0 Å². The molecule has 18 heavy (non-hydrogen) atoms. The first-order valence-electron chi connectivity index (χ1n) is 6.24. The second-order valence-electron chi connectivity index (χ2n) is 4.54. The maximum absolute atomic E-state index is 5.59. The number of rotatable bonds is 5. The summed E-state index contributed by atoms with van der Waals surface area (Å²) in [6.45, 7) is 5.56. The van der Waals surface area contributed by atoms with Gasteiger partial charge in [0.1, 0.15) is 0 Å². The number of hydrogen-bond donors (Lipinski definition) is 2. The standard InChI is InChI=1S/C14H20N4/c1-11(8-15)16-9-13-10-18(17-12(13)2)14-6-4-3-5-7-14/h3-7,10-11,16H,8-9,15H2,1-2H3/t11-/m0/s1. The van der Waals surface area contributed by atoms with Gasteiger partial charge in [0, 0.05) is 30.9 Å². The second-order valence-corrected chi connectivity index (χ2v) is 4.54. The molecule has 4 nitrogen and oxygen atoms in total. The van der Waals surface area contributed by atoms with Crippen LogP contribution in [0.25, 0.3) is 5.69 Å². The molecule has 1 atom stereocenters. The van der Waals surface area contributed by atoms with Crippen molar-refractivity contribution >= 4 is 0 Å². The molecule has 0 spiro atoms. The summed E-state index contributed by atoms with van der Waals surface area (Å²) in [4.78, 5) is 0. The molecule has 0 saturated heterocycles. The fourth-order valence-electron chi connectivity index (χ4n) is 1.75. The van der Waals surface area contributed by atoms with Crippen molar-refractivity contribution in [3.05, 3.63) is 47.8 Å². The van der Waals surface area contributed by atoms with E-state index in [-0.39, 0.29) is 0 Å². The number of hydrogen-bond acceptors (Lipinski definition) is 3. The average Bonchev–Trinajstić information content (AvgIpc) is 2.78. The minimum absolute atomic E-state index is 0.324. The number of nitrogens with zero attached hydrogens (tertiary/aromatic N) is 2. The van der Waals surface area contributed by atoms with Gasteiger partial charge in [0.05, 0.1) is 11.4 Å². The number of aromatic nitrogens is 2. The molecule has 0 aliphatic heterocycles. The minimum Gasteiger partial charge on any atom is -0.329 e. The Morgan fingerprint density at radius 3 is 2.72 bits per heavy atom. The first-order chi connectivity index (χ1) is 8.70. The lowest BCUT2D eigenvalue weighted by atomic mass is 10.2. The maximum Gasteiger partial charge on any atom is 0.0645 e. The van der Waals surface area contributed by atoms with Crippen molar-refractivity contribution in [3.8, 4) is 5.69 Å². The molecule has 96 valence electrons. The van der Waals surface area contributed by atoms with Crippen molar-refractivity contribution < 1.29 is 0 Å². The third-order valence-electron chi connectivity index (χ3n) is 3.02. The summed E-state index contributed by atoms with van der Waals surface area (Å²) in [6.07, 6.45) is 2.07. The Kier molecular flexibility index (Phi) is 4.12. The van der Waals surface area contributed by atoms with Crippen LogP contribution in [0.2, 0.25) is 0 Å². The van der Waals surface area contributed by atoms with E-state index >= 15 is 0 Å². The van der Waals surface area contributed by atoms with Crippen LogP contribution in [-0.2, 0) is 6.54 Å². The zero-order chi connectivity index (χ0) is 13.0.